The molecule has 0 bridgehead atoms. The van der Waals surface area contributed by atoms with E-state index < -0.39 is 0 Å². The third-order valence-corrected chi connectivity index (χ3v) is 4.32. The highest BCUT2D eigenvalue weighted by atomic mass is 79.9. The van der Waals surface area contributed by atoms with Crippen LogP contribution in [0.5, 0.6) is 0 Å². The lowest BCUT2D eigenvalue weighted by molar-refractivity contribution is 0.435. The Kier molecular flexibility index (Phi) is 4.17. The molecule has 0 saturated carbocycles. The second-order valence-electron chi connectivity index (χ2n) is 5.14. The Morgan fingerprint density at radius 2 is 2.35 bits per heavy atom. The topological polar surface area (TPSA) is 41.1 Å². The minimum absolute atomic E-state index is 0.546. The molecule has 0 aromatic carbocycles. The van der Waals surface area contributed by atoms with Crippen molar-refractivity contribution in [2.45, 2.75) is 25.8 Å². The number of piperidine rings is 1. The molecular formula is C15H19BrN4. The van der Waals surface area contributed by atoms with Crippen LogP contribution < -0.4 is 10.2 Å². The first-order chi connectivity index (χ1) is 9.79. The second-order valence-corrected chi connectivity index (χ2v) is 6.05. The smallest absolute Gasteiger partial charge is 0.112 e. The normalized spacial score (nSPS) is 19.2. The number of hydrogen-bond acceptors (Lipinski definition) is 4. The zero-order valence-electron chi connectivity index (χ0n) is 11.6. The summed E-state index contributed by atoms with van der Waals surface area (Å²) in [6, 6.07) is 4.66. The van der Waals surface area contributed by atoms with Gasteiger partial charge in [0, 0.05) is 36.0 Å². The first kappa shape index (κ1) is 13.8. The third kappa shape index (κ3) is 2.65. The molecular weight excluding hydrogens is 316 g/mol. The van der Waals surface area contributed by atoms with Crippen molar-refractivity contribution >= 4 is 32.7 Å². The van der Waals surface area contributed by atoms with E-state index in [2.05, 4.69) is 49.1 Å². The van der Waals surface area contributed by atoms with E-state index in [-0.39, 0.29) is 0 Å². The number of halogens is 1. The van der Waals surface area contributed by atoms with E-state index in [0.717, 1.165) is 35.1 Å². The monoisotopic (exact) mass is 334 g/mol. The van der Waals surface area contributed by atoms with Crippen molar-refractivity contribution in [1.82, 2.24) is 15.3 Å². The predicted octanol–water partition coefficient (Wildman–Crippen LogP) is 2.97. The molecule has 2 aromatic rings. The summed E-state index contributed by atoms with van der Waals surface area (Å²) in [5, 5.41) is 3.49. The van der Waals surface area contributed by atoms with Gasteiger partial charge in [-0.05, 0) is 54.4 Å². The molecule has 2 aromatic heterocycles. The van der Waals surface area contributed by atoms with Crippen LogP contribution in [-0.4, -0.2) is 35.6 Å². The number of nitrogens with one attached hydrogen (secondary N) is 1. The Morgan fingerprint density at radius 1 is 1.45 bits per heavy atom. The molecule has 20 heavy (non-hydrogen) atoms. The van der Waals surface area contributed by atoms with E-state index in [9.17, 15) is 0 Å². The molecule has 5 heteroatoms. The molecule has 1 atom stereocenters. The fourth-order valence-corrected chi connectivity index (χ4v) is 3.27. The van der Waals surface area contributed by atoms with Crippen molar-refractivity contribution in [3.63, 3.8) is 0 Å². The lowest BCUT2D eigenvalue weighted by Gasteiger charge is -2.36. The van der Waals surface area contributed by atoms with Gasteiger partial charge >= 0.3 is 0 Å². The summed E-state index contributed by atoms with van der Waals surface area (Å²) in [5.74, 6) is 0. The number of aromatic nitrogens is 2. The Balaban J connectivity index is 2.02. The van der Waals surface area contributed by atoms with Crippen molar-refractivity contribution in [1.29, 1.82) is 0 Å². The van der Waals surface area contributed by atoms with Crippen LogP contribution in [0.15, 0.2) is 29.0 Å². The van der Waals surface area contributed by atoms with Gasteiger partial charge in [-0.3, -0.25) is 9.97 Å². The molecule has 106 valence electrons. The molecule has 4 nitrogen and oxygen atoms in total. The van der Waals surface area contributed by atoms with Gasteiger partial charge in [0.25, 0.3) is 0 Å². The summed E-state index contributed by atoms with van der Waals surface area (Å²) in [4.78, 5) is 11.5. The summed E-state index contributed by atoms with van der Waals surface area (Å²) in [5.41, 5.74) is 3.13. The van der Waals surface area contributed by atoms with Crippen LogP contribution >= 0.6 is 15.9 Å². The van der Waals surface area contributed by atoms with Crippen LogP contribution in [0.25, 0.3) is 11.0 Å². The van der Waals surface area contributed by atoms with Crippen LogP contribution in [0, 0.1) is 0 Å². The minimum Gasteiger partial charge on any atom is -0.366 e. The standard InChI is InChI=1S/C15H19BrN4/c1-2-20(12-4-3-6-17-10-12)14-5-7-18-13-8-11(16)9-19-15(13)14/h5,7-9,12,17H,2-4,6,10H2,1H3. The number of rotatable bonds is 3. The summed E-state index contributed by atoms with van der Waals surface area (Å²) in [6.07, 6.45) is 6.20. The lowest BCUT2D eigenvalue weighted by Crippen LogP contribution is -2.46. The highest BCUT2D eigenvalue weighted by Gasteiger charge is 2.22. The number of nitrogens with zero attached hydrogens (tertiary/aromatic N) is 3. The van der Waals surface area contributed by atoms with Gasteiger partial charge in [0.15, 0.2) is 0 Å². The highest BCUT2D eigenvalue weighted by Crippen LogP contribution is 2.28. The van der Waals surface area contributed by atoms with Crippen LogP contribution in [-0.2, 0) is 0 Å². The highest BCUT2D eigenvalue weighted by molar-refractivity contribution is 9.10. The van der Waals surface area contributed by atoms with E-state index in [1.54, 1.807) is 0 Å². The van der Waals surface area contributed by atoms with Gasteiger partial charge < -0.3 is 10.2 Å². The van der Waals surface area contributed by atoms with E-state index in [4.69, 9.17) is 0 Å². The molecule has 1 aliphatic rings. The van der Waals surface area contributed by atoms with Gasteiger partial charge in [0.2, 0.25) is 0 Å². The van der Waals surface area contributed by atoms with Gasteiger partial charge in [-0.25, -0.2) is 0 Å². The Bertz CT molecular complexity index is 595. The van der Waals surface area contributed by atoms with Crippen molar-refractivity contribution in [3.05, 3.63) is 29.0 Å². The molecule has 0 spiro atoms. The van der Waals surface area contributed by atoms with Gasteiger partial charge in [-0.2, -0.15) is 0 Å². The molecule has 1 aliphatic heterocycles. The van der Waals surface area contributed by atoms with Crippen LogP contribution in [0.2, 0.25) is 0 Å². The van der Waals surface area contributed by atoms with Crippen molar-refractivity contribution in [2.24, 2.45) is 0 Å². The number of pyridine rings is 2. The van der Waals surface area contributed by atoms with Gasteiger partial charge in [-0.1, -0.05) is 0 Å². The third-order valence-electron chi connectivity index (χ3n) is 3.88. The van der Waals surface area contributed by atoms with E-state index >= 15 is 0 Å². The predicted molar refractivity (Wildman–Crippen MR) is 86.1 cm³/mol. The summed E-state index contributed by atoms with van der Waals surface area (Å²) in [6.45, 7) is 5.38. The molecule has 0 radical (unpaired) electrons. The van der Waals surface area contributed by atoms with Gasteiger partial charge in [0.1, 0.15) is 5.52 Å². The van der Waals surface area contributed by atoms with Crippen LogP contribution in [0.3, 0.4) is 0 Å². The zero-order chi connectivity index (χ0) is 13.9. The van der Waals surface area contributed by atoms with E-state index in [1.807, 2.05) is 18.5 Å². The average molecular weight is 335 g/mol. The van der Waals surface area contributed by atoms with Crippen molar-refractivity contribution in [3.8, 4) is 0 Å². The molecule has 1 unspecified atom stereocenters. The SMILES string of the molecule is CCN(c1ccnc2cc(Br)cnc12)C1CCCNC1. The molecule has 0 aliphatic carbocycles. The molecule has 1 N–H and O–H groups in total. The maximum absolute atomic E-state index is 4.57. The fourth-order valence-electron chi connectivity index (χ4n) is 2.95. The molecule has 1 saturated heterocycles. The average Bonchev–Trinajstić information content (AvgIpc) is 2.49. The first-order valence-electron chi connectivity index (χ1n) is 7.17. The lowest BCUT2D eigenvalue weighted by atomic mass is 10.0. The van der Waals surface area contributed by atoms with Crippen molar-refractivity contribution in [2.75, 3.05) is 24.5 Å². The number of fused-ring (bicyclic) bond motifs is 1. The Hall–Kier alpha value is -1.20. The van der Waals surface area contributed by atoms with Gasteiger partial charge in [0.05, 0.1) is 11.2 Å². The van der Waals surface area contributed by atoms with Crippen molar-refractivity contribution < 1.29 is 0 Å². The molecule has 1 fully saturated rings. The minimum atomic E-state index is 0.546. The first-order valence-corrected chi connectivity index (χ1v) is 7.96. The maximum Gasteiger partial charge on any atom is 0.112 e. The largest absolute Gasteiger partial charge is 0.366 e. The second kappa shape index (κ2) is 6.06. The zero-order valence-corrected chi connectivity index (χ0v) is 13.2. The van der Waals surface area contributed by atoms with Crippen LogP contribution in [0.1, 0.15) is 19.8 Å². The van der Waals surface area contributed by atoms with E-state index in [1.165, 1.54) is 18.5 Å². The summed E-state index contributed by atoms with van der Waals surface area (Å²) >= 11 is 3.46. The molecule has 3 rings (SSSR count). The van der Waals surface area contributed by atoms with Crippen LogP contribution in [0.4, 0.5) is 5.69 Å². The summed E-state index contributed by atoms with van der Waals surface area (Å²) < 4.78 is 0.969. The molecule has 0 amide bonds. The van der Waals surface area contributed by atoms with E-state index in [0.29, 0.717) is 6.04 Å². The molecule has 3 heterocycles. The summed E-state index contributed by atoms with van der Waals surface area (Å²) in [7, 11) is 0. The quantitative estimate of drug-likeness (QED) is 0.936. The number of hydrogen-bond donors (Lipinski definition) is 1. The number of anilines is 1. The maximum atomic E-state index is 4.57. The van der Waals surface area contributed by atoms with Gasteiger partial charge in [-0.15, -0.1) is 0 Å². The Morgan fingerprint density at radius 3 is 3.10 bits per heavy atom. The number of likely N-dealkylation sites (N-methyl/N-ethyl adjacent to an activating group) is 1. The fraction of sp³-hybridized carbons (Fsp3) is 0.467. The Labute approximate surface area is 127 Å².